The minimum absolute atomic E-state index is 0.191. The molecule has 198 valence electrons. The summed E-state index contributed by atoms with van der Waals surface area (Å²) in [5.74, 6) is 0.557. The number of hydrogen-bond acceptors (Lipinski definition) is 5. The first kappa shape index (κ1) is 31.0. The molecule has 1 amide bonds. The zero-order valence-corrected chi connectivity index (χ0v) is 25.6. The van der Waals surface area contributed by atoms with Crippen molar-refractivity contribution in [2.75, 3.05) is 6.54 Å². The number of nitrogens with zero attached hydrogens (tertiary/aromatic N) is 3. The van der Waals surface area contributed by atoms with E-state index in [1.54, 1.807) is 48.4 Å². The van der Waals surface area contributed by atoms with Gasteiger partial charge in [0.2, 0.25) is 0 Å². The number of amides is 1. The van der Waals surface area contributed by atoms with Crippen molar-refractivity contribution in [1.29, 1.82) is 0 Å². The molecule has 2 heterocycles. The number of carbonyl (C=O) groups excluding carboxylic acids is 1. The van der Waals surface area contributed by atoms with Crippen molar-refractivity contribution in [1.82, 2.24) is 14.9 Å². The van der Waals surface area contributed by atoms with Gasteiger partial charge in [-0.3, -0.25) is 4.79 Å². The number of ether oxygens (including phenoxy) is 2. The van der Waals surface area contributed by atoms with Crippen LogP contribution in [0.1, 0.15) is 16.2 Å². The van der Waals surface area contributed by atoms with Crippen LogP contribution in [0.4, 0.5) is 13.2 Å². The standard InChI is InChI=1S/C21H27B11F3N3O3/c22-9-8(10(23)12(25)14(11(9)24)41-21(33,34)35)5-1-2-7-6(3-5)17(39)38(4-19(29,30)40-7)20(31,32)18-36-15(27)13(26)16(28)37-18/h1-3H,4,22-32H2. The van der Waals surface area contributed by atoms with Crippen LogP contribution in [-0.2, 0) is 5.34 Å². The Balaban J connectivity index is 1.88. The predicted molar refractivity (Wildman–Crippen MR) is 188 cm³/mol. The fraction of sp³-hybridized carbons (Fsp3) is 0.190. The summed E-state index contributed by atoms with van der Waals surface area (Å²) in [6, 6.07) is 5.38. The van der Waals surface area contributed by atoms with E-state index in [0.717, 1.165) is 22.2 Å². The van der Waals surface area contributed by atoms with Crippen LogP contribution in [0.15, 0.2) is 18.2 Å². The lowest BCUT2D eigenvalue weighted by molar-refractivity contribution is -0.273. The van der Waals surface area contributed by atoms with Gasteiger partial charge < -0.3 is 14.4 Å². The number of benzene rings is 2. The maximum Gasteiger partial charge on any atom is 0.573 e. The van der Waals surface area contributed by atoms with Crippen LogP contribution >= 0.6 is 0 Å². The highest BCUT2D eigenvalue weighted by molar-refractivity contribution is 6.61. The molecule has 0 saturated heterocycles. The molecule has 20 heteroatoms. The second-order valence-electron chi connectivity index (χ2n) is 12.1. The maximum absolute atomic E-state index is 14.3. The quantitative estimate of drug-likeness (QED) is 0.305. The predicted octanol–water partition coefficient (Wildman–Crippen LogP) is -12.3. The number of fused-ring (bicyclic) bond motifs is 1. The summed E-state index contributed by atoms with van der Waals surface area (Å²) in [4.78, 5) is 25.6. The third-order valence-electron chi connectivity index (χ3n) is 8.30. The summed E-state index contributed by atoms with van der Waals surface area (Å²) < 4.78 is 50.2. The van der Waals surface area contributed by atoms with E-state index in [9.17, 15) is 18.0 Å². The molecule has 4 rings (SSSR count). The minimum Gasteiger partial charge on any atom is -0.503 e. The number of carbonyl (C=O) groups is 1. The van der Waals surface area contributed by atoms with Gasteiger partial charge >= 0.3 is 6.36 Å². The molecule has 2 aromatic carbocycles. The summed E-state index contributed by atoms with van der Waals surface area (Å²) in [7, 11) is 20.3. The van der Waals surface area contributed by atoms with E-state index in [2.05, 4.69) is 4.74 Å². The highest BCUT2D eigenvalue weighted by atomic mass is 19.4. The van der Waals surface area contributed by atoms with E-state index < -0.39 is 17.1 Å². The molecule has 0 spiro atoms. The van der Waals surface area contributed by atoms with Crippen LogP contribution in [-0.4, -0.2) is 125 Å². The molecule has 0 unspecified atom stereocenters. The normalized spacial score (nSPS) is 15.1. The van der Waals surface area contributed by atoms with Crippen molar-refractivity contribution < 1.29 is 27.4 Å². The van der Waals surface area contributed by atoms with Gasteiger partial charge in [0.15, 0.2) is 15.7 Å². The zero-order valence-electron chi connectivity index (χ0n) is 25.6. The van der Waals surface area contributed by atoms with Gasteiger partial charge in [-0.15, -0.1) is 13.2 Å². The van der Waals surface area contributed by atoms with E-state index in [4.69, 9.17) is 14.7 Å². The second kappa shape index (κ2) is 10.4. The fourth-order valence-electron chi connectivity index (χ4n) is 5.47. The van der Waals surface area contributed by atoms with E-state index in [0.29, 0.717) is 44.6 Å². The molecule has 6 nitrogen and oxygen atoms in total. The number of halogens is 3. The molecule has 41 heavy (non-hydrogen) atoms. The van der Waals surface area contributed by atoms with Gasteiger partial charge in [-0.05, 0) is 34.4 Å². The molecule has 0 radical (unpaired) electrons. The van der Waals surface area contributed by atoms with Crippen LogP contribution in [0.3, 0.4) is 0 Å². The number of rotatable bonds is 4. The molecule has 1 aliphatic rings. The van der Waals surface area contributed by atoms with Crippen LogP contribution < -0.4 is 48.0 Å². The summed E-state index contributed by atoms with van der Waals surface area (Å²) in [6.07, 6.45) is -4.80. The molecule has 0 atom stereocenters. The Labute approximate surface area is 248 Å². The lowest BCUT2D eigenvalue weighted by Gasteiger charge is -2.41. The van der Waals surface area contributed by atoms with Crippen LogP contribution in [0.25, 0.3) is 11.1 Å². The van der Waals surface area contributed by atoms with Crippen LogP contribution in [0, 0.1) is 0 Å². The van der Waals surface area contributed by atoms with Crippen LogP contribution in [0.2, 0.25) is 0 Å². The van der Waals surface area contributed by atoms with E-state index in [1.165, 1.54) is 0 Å². The van der Waals surface area contributed by atoms with Gasteiger partial charge in [-0.1, -0.05) is 33.4 Å². The highest BCUT2D eigenvalue weighted by Crippen LogP contribution is 2.34. The topological polar surface area (TPSA) is 64.6 Å². The Morgan fingerprint density at radius 1 is 0.878 bits per heavy atom. The van der Waals surface area contributed by atoms with Crippen molar-refractivity contribution in [2.45, 2.75) is 17.1 Å². The third kappa shape index (κ3) is 5.76. The van der Waals surface area contributed by atoms with Gasteiger partial charge in [-0.25, -0.2) is 9.97 Å². The Morgan fingerprint density at radius 2 is 1.41 bits per heavy atom. The maximum atomic E-state index is 14.3. The minimum atomic E-state index is -4.80. The molecule has 0 fully saturated rings. The van der Waals surface area contributed by atoms with Gasteiger partial charge in [0.25, 0.3) is 5.91 Å². The summed E-state index contributed by atoms with van der Waals surface area (Å²) in [5.41, 5.74) is 6.62. The van der Waals surface area contributed by atoms with E-state index in [-0.39, 0.29) is 18.2 Å². The van der Waals surface area contributed by atoms with Gasteiger partial charge in [0, 0.05) is 11.9 Å². The zero-order chi connectivity index (χ0) is 30.8. The van der Waals surface area contributed by atoms with Crippen molar-refractivity contribution in [3.63, 3.8) is 0 Å². The molecule has 1 aromatic heterocycles. The monoisotopic (exact) mass is 547 g/mol. The molecule has 1 aliphatic heterocycles. The smallest absolute Gasteiger partial charge is 0.503 e. The highest BCUT2D eigenvalue weighted by Gasteiger charge is 2.43. The van der Waals surface area contributed by atoms with Crippen LogP contribution in [0.5, 0.6) is 11.5 Å². The van der Waals surface area contributed by atoms with Crippen molar-refractivity contribution >= 4 is 131 Å². The Kier molecular flexibility index (Phi) is 7.89. The van der Waals surface area contributed by atoms with E-state index >= 15 is 0 Å². The summed E-state index contributed by atoms with van der Waals surface area (Å²) in [6.45, 7) is 0.290. The van der Waals surface area contributed by atoms with Crippen molar-refractivity contribution in [2.24, 2.45) is 0 Å². The molecule has 0 saturated carbocycles. The van der Waals surface area contributed by atoms with Crippen molar-refractivity contribution in [3.8, 4) is 22.6 Å². The number of hydrogen-bond donors (Lipinski definition) is 0. The molecule has 0 bridgehead atoms. The first-order chi connectivity index (χ1) is 18.7. The van der Waals surface area contributed by atoms with E-state index in [1.807, 2.05) is 61.0 Å². The molecular formula is C21H27B11F3N3O3. The average Bonchev–Trinajstić information content (AvgIpc) is 2.96. The Bertz CT molecular complexity index is 1540. The molecule has 0 aliphatic carbocycles. The number of aromatic nitrogens is 2. The first-order valence-corrected chi connectivity index (χ1v) is 13.6. The lowest BCUT2D eigenvalue weighted by atomic mass is 9.57. The van der Waals surface area contributed by atoms with Gasteiger partial charge in [0.1, 0.15) is 87.9 Å². The largest absolute Gasteiger partial charge is 0.573 e. The molecule has 3 aromatic rings. The lowest BCUT2D eigenvalue weighted by Crippen LogP contribution is -2.59. The Hall–Kier alpha value is -2.91. The molecular weight excluding hydrogens is 518 g/mol. The fourth-order valence-corrected chi connectivity index (χ4v) is 5.47. The second-order valence-corrected chi connectivity index (χ2v) is 12.1. The molecule has 0 N–H and O–H groups in total. The summed E-state index contributed by atoms with van der Waals surface area (Å²) >= 11 is 0. The van der Waals surface area contributed by atoms with Gasteiger partial charge in [-0.2, -0.15) is 0 Å². The third-order valence-corrected chi connectivity index (χ3v) is 8.30. The van der Waals surface area contributed by atoms with Gasteiger partial charge in [0.05, 0.1) is 11.0 Å². The summed E-state index contributed by atoms with van der Waals surface area (Å²) in [5, 5.41) is -1.59. The van der Waals surface area contributed by atoms with Crippen molar-refractivity contribution in [3.05, 3.63) is 29.6 Å². The SMILES string of the molecule is Bc1nc(C(B)(B)N2CC(B)(B)Oc3ccc(-c4c(B)c(B)c(OC(F)(F)F)c(B)c4B)cc3C2=O)nc(B)c1B. The number of alkyl halides is 3. The Morgan fingerprint density at radius 3 is 1.93 bits per heavy atom. The first-order valence-electron chi connectivity index (χ1n) is 13.6. The average molecular weight is 545 g/mol.